The standard InChI is InChI=1S/C8H16F3N3O/c1-2-12-4-3-5-13-7(15)14-6-8(9,10)11/h12H,2-6H2,1H3,(H2,13,14,15). The van der Waals surface area contributed by atoms with Crippen LogP contribution in [0, 0.1) is 0 Å². The molecular formula is C8H16F3N3O. The lowest BCUT2D eigenvalue weighted by atomic mass is 10.4. The van der Waals surface area contributed by atoms with Crippen molar-refractivity contribution in [2.24, 2.45) is 0 Å². The highest BCUT2D eigenvalue weighted by atomic mass is 19.4. The highest BCUT2D eigenvalue weighted by Gasteiger charge is 2.27. The fourth-order valence-electron chi connectivity index (χ4n) is 0.835. The van der Waals surface area contributed by atoms with Gasteiger partial charge in [-0.2, -0.15) is 13.2 Å². The smallest absolute Gasteiger partial charge is 0.338 e. The van der Waals surface area contributed by atoms with Crippen LogP contribution in [0.4, 0.5) is 18.0 Å². The highest BCUT2D eigenvalue weighted by molar-refractivity contribution is 5.73. The Labute approximate surface area is 86.6 Å². The maximum Gasteiger partial charge on any atom is 0.405 e. The van der Waals surface area contributed by atoms with E-state index < -0.39 is 18.8 Å². The normalized spacial score (nSPS) is 11.2. The van der Waals surface area contributed by atoms with Crippen LogP contribution in [-0.4, -0.2) is 38.4 Å². The second kappa shape index (κ2) is 7.33. The fraction of sp³-hybridized carbons (Fsp3) is 0.875. The average Bonchev–Trinajstić information content (AvgIpc) is 2.13. The second-order valence-corrected chi connectivity index (χ2v) is 2.93. The van der Waals surface area contributed by atoms with Gasteiger partial charge >= 0.3 is 12.2 Å². The van der Waals surface area contributed by atoms with E-state index in [-0.39, 0.29) is 0 Å². The van der Waals surface area contributed by atoms with Gasteiger partial charge in [-0.15, -0.1) is 0 Å². The molecule has 0 saturated carbocycles. The van der Waals surface area contributed by atoms with Crippen molar-refractivity contribution in [1.82, 2.24) is 16.0 Å². The minimum atomic E-state index is -4.36. The van der Waals surface area contributed by atoms with E-state index in [2.05, 4.69) is 10.6 Å². The maximum atomic E-state index is 11.7. The number of amides is 2. The zero-order valence-electron chi connectivity index (χ0n) is 8.58. The molecule has 0 aromatic heterocycles. The van der Waals surface area contributed by atoms with Crippen LogP contribution in [0.3, 0.4) is 0 Å². The Kier molecular flexibility index (Phi) is 6.85. The van der Waals surface area contributed by atoms with Crippen LogP contribution in [0.5, 0.6) is 0 Å². The van der Waals surface area contributed by atoms with Gasteiger partial charge in [0.1, 0.15) is 6.54 Å². The first-order valence-corrected chi connectivity index (χ1v) is 4.75. The van der Waals surface area contributed by atoms with Gasteiger partial charge in [-0.1, -0.05) is 6.92 Å². The van der Waals surface area contributed by atoms with Crippen molar-refractivity contribution < 1.29 is 18.0 Å². The Morgan fingerprint density at radius 2 is 1.87 bits per heavy atom. The lowest BCUT2D eigenvalue weighted by Crippen LogP contribution is -2.41. The molecule has 0 bridgehead atoms. The topological polar surface area (TPSA) is 53.2 Å². The van der Waals surface area contributed by atoms with E-state index in [4.69, 9.17) is 0 Å². The Morgan fingerprint density at radius 1 is 1.20 bits per heavy atom. The van der Waals surface area contributed by atoms with Crippen molar-refractivity contribution in [1.29, 1.82) is 0 Å². The quantitative estimate of drug-likeness (QED) is 0.589. The van der Waals surface area contributed by atoms with Crippen LogP contribution < -0.4 is 16.0 Å². The molecule has 0 rings (SSSR count). The van der Waals surface area contributed by atoms with Crippen LogP contribution in [0.2, 0.25) is 0 Å². The molecule has 0 heterocycles. The predicted molar refractivity (Wildman–Crippen MR) is 50.6 cm³/mol. The van der Waals surface area contributed by atoms with E-state index in [1.807, 2.05) is 6.92 Å². The van der Waals surface area contributed by atoms with Crippen LogP contribution in [0.25, 0.3) is 0 Å². The Balaban J connectivity index is 3.34. The summed E-state index contributed by atoms with van der Waals surface area (Å²) in [6.45, 7) is 2.57. The summed E-state index contributed by atoms with van der Waals surface area (Å²) in [5, 5.41) is 7.07. The third kappa shape index (κ3) is 10.9. The van der Waals surface area contributed by atoms with E-state index in [1.165, 1.54) is 0 Å². The largest absolute Gasteiger partial charge is 0.405 e. The van der Waals surface area contributed by atoms with Crippen LogP contribution in [0.15, 0.2) is 0 Å². The molecule has 0 fully saturated rings. The third-order valence-corrected chi connectivity index (χ3v) is 1.52. The Hall–Kier alpha value is -0.980. The second-order valence-electron chi connectivity index (χ2n) is 2.93. The van der Waals surface area contributed by atoms with Gasteiger partial charge in [0.25, 0.3) is 0 Å². The Morgan fingerprint density at radius 3 is 2.40 bits per heavy atom. The minimum absolute atomic E-state index is 0.358. The number of alkyl halides is 3. The molecule has 0 aliphatic heterocycles. The van der Waals surface area contributed by atoms with Crippen LogP contribution in [-0.2, 0) is 0 Å². The number of hydrogen-bond acceptors (Lipinski definition) is 2. The van der Waals surface area contributed by atoms with Crippen LogP contribution in [0.1, 0.15) is 13.3 Å². The highest BCUT2D eigenvalue weighted by Crippen LogP contribution is 2.11. The van der Waals surface area contributed by atoms with Gasteiger partial charge in [-0.25, -0.2) is 4.79 Å². The molecule has 90 valence electrons. The molecule has 15 heavy (non-hydrogen) atoms. The molecule has 0 unspecified atom stereocenters. The molecular weight excluding hydrogens is 211 g/mol. The number of nitrogens with one attached hydrogen (secondary N) is 3. The third-order valence-electron chi connectivity index (χ3n) is 1.52. The van der Waals surface area contributed by atoms with E-state index in [0.29, 0.717) is 13.0 Å². The summed E-state index contributed by atoms with van der Waals surface area (Å²) in [6.07, 6.45) is -3.67. The van der Waals surface area contributed by atoms with Gasteiger partial charge < -0.3 is 16.0 Å². The molecule has 0 saturated heterocycles. The lowest BCUT2D eigenvalue weighted by Gasteiger charge is -2.09. The number of carbonyl (C=O) groups excluding carboxylic acids is 1. The molecule has 7 heteroatoms. The van der Waals surface area contributed by atoms with Crippen LogP contribution >= 0.6 is 0 Å². The summed E-state index contributed by atoms with van der Waals surface area (Å²) in [6, 6.07) is -0.788. The predicted octanol–water partition coefficient (Wildman–Crippen LogP) is 0.847. The maximum absolute atomic E-state index is 11.7. The monoisotopic (exact) mass is 227 g/mol. The molecule has 4 nitrogen and oxygen atoms in total. The summed E-state index contributed by atoms with van der Waals surface area (Å²) < 4.78 is 35.0. The van der Waals surface area contributed by atoms with Crippen molar-refractivity contribution in [2.45, 2.75) is 19.5 Å². The van der Waals surface area contributed by atoms with Gasteiger partial charge in [0, 0.05) is 6.54 Å². The summed E-state index contributed by atoms with van der Waals surface area (Å²) in [5.74, 6) is 0. The molecule has 0 spiro atoms. The van der Waals surface area contributed by atoms with E-state index in [1.54, 1.807) is 5.32 Å². The molecule has 0 aliphatic rings. The van der Waals surface area contributed by atoms with Gasteiger partial charge in [0.05, 0.1) is 0 Å². The summed E-state index contributed by atoms with van der Waals surface area (Å²) in [5.41, 5.74) is 0. The van der Waals surface area contributed by atoms with Gasteiger partial charge in [0.15, 0.2) is 0 Å². The number of urea groups is 1. The van der Waals surface area contributed by atoms with E-state index in [0.717, 1.165) is 13.1 Å². The zero-order chi connectivity index (χ0) is 11.7. The van der Waals surface area contributed by atoms with Crippen molar-refractivity contribution in [3.05, 3.63) is 0 Å². The zero-order valence-corrected chi connectivity index (χ0v) is 8.58. The molecule has 0 aromatic carbocycles. The van der Waals surface area contributed by atoms with Gasteiger partial charge in [0.2, 0.25) is 0 Å². The minimum Gasteiger partial charge on any atom is -0.338 e. The SMILES string of the molecule is CCNCCCNC(=O)NCC(F)(F)F. The molecule has 0 atom stereocenters. The van der Waals surface area contributed by atoms with Crippen molar-refractivity contribution >= 4 is 6.03 Å². The van der Waals surface area contributed by atoms with E-state index in [9.17, 15) is 18.0 Å². The number of halogens is 3. The van der Waals surface area contributed by atoms with Crippen molar-refractivity contribution in [3.8, 4) is 0 Å². The number of carbonyl (C=O) groups is 1. The number of hydrogen-bond donors (Lipinski definition) is 3. The van der Waals surface area contributed by atoms with Crippen molar-refractivity contribution in [2.75, 3.05) is 26.2 Å². The van der Waals surface area contributed by atoms with Gasteiger partial charge in [-0.05, 0) is 19.5 Å². The van der Waals surface area contributed by atoms with Gasteiger partial charge in [-0.3, -0.25) is 0 Å². The average molecular weight is 227 g/mol. The molecule has 0 aliphatic carbocycles. The molecule has 3 N–H and O–H groups in total. The summed E-state index contributed by atoms with van der Waals surface area (Å²) >= 11 is 0. The fourth-order valence-corrected chi connectivity index (χ4v) is 0.835. The summed E-state index contributed by atoms with van der Waals surface area (Å²) in [4.78, 5) is 10.8. The first-order valence-electron chi connectivity index (χ1n) is 4.75. The Bertz CT molecular complexity index is 184. The molecule has 0 aromatic rings. The number of rotatable bonds is 6. The lowest BCUT2D eigenvalue weighted by molar-refractivity contribution is -0.122. The summed E-state index contributed by atoms with van der Waals surface area (Å²) in [7, 11) is 0. The molecule has 0 radical (unpaired) electrons. The van der Waals surface area contributed by atoms with E-state index >= 15 is 0 Å². The first kappa shape index (κ1) is 14.0. The first-order chi connectivity index (χ1) is 6.95. The molecule has 2 amide bonds. The van der Waals surface area contributed by atoms with Crippen molar-refractivity contribution in [3.63, 3.8) is 0 Å².